The van der Waals surface area contributed by atoms with Crippen molar-refractivity contribution in [3.63, 3.8) is 0 Å². The van der Waals surface area contributed by atoms with Crippen LogP contribution >= 0.6 is 31.9 Å². The zero-order valence-corrected chi connectivity index (χ0v) is 15.1. The largest absolute Gasteiger partial charge is 0.494 e. The van der Waals surface area contributed by atoms with Crippen LogP contribution in [0.5, 0.6) is 5.75 Å². The molecule has 0 aliphatic rings. The predicted octanol–water partition coefficient (Wildman–Crippen LogP) is 5.95. The number of ether oxygens (including phenoxy) is 1. The fraction of sp³-hybridized carbons (Fsp3) is 0.294. The van der Waals surface area contributed by atoms with E-state index in [-0.39, 0.29) is 4.83 Å². The van der Waals surface area contributed by atoms with E-state index in [0.29, 0.717) is 6.61 Å². The Labute approximate surface area is 137 Å². The number of halogens is 2. The van der Waals surface area contributed by atoms with E-state index in [9.17, 15) is 0 Å². The van der Waals surface area contributed by atoms with Crippen LogP contribution in [-0.4, -0.2) is 6.61 Å². The lowest BCUT2D eigenvalue weighted by atomic mass is 10.0. The molecule has 0 N–H and O–H groups in total. The van der Waals surface area contributed by atoms with Gasteiger partial charge in [-0.1, -0.05) is 67.3 Å². The molecule has 2 aromatic carbocycles. The van der Waals surface area contributed by atoms with Gasteiger partial charge >= 0.3 is 0 Å². The van der Waals surface area contributed by atoms with Crippen LogP contribution in [0.25, 0.3) is 0 Å². The van der Waals surface area contributed by atoms with Gasteiger partial charge in [-0.3, -0.25) is 0 Å². The molecule has 0 aromatic heterocycles. The van der Waals surface area contributed by atoms with Crippen LogP contribution in [0.1, 0.15) is 34.0 Å². The van der Waals surface area contributed by atoms with Crippen LogP contribution in [0.2, 0.25) is 0 Å². The van der Waals surface area contributed by atoms with Gasteiger partial charge in [-0.05, 0) is 44.0 Å². The second-order valence-corrected chi connectivity index (χ2v) is 6.67. The number of benzene rings is 2. The molecular weight excluding hydrogens is 380 g/mol. The summed E-state index contributed by atoms with van der Waals surface area (Å²) in [6.07, 6.45) is 0. The molecule has 0 saturated heterocycles. The Balaban J connectivity index is 2.35. The first-order chi connectivity index (χ1) is 9.51. The van der Waals surface area contributed by atoms with Crippen LogP contribution in [0, 0.1) is 13.8 Å². The van der Waals surface area contributed by atoms with Gasteiger partial charge in [0.1, 0.15) is 5.75 Å². The van der Waals surface area contributed by atoms with Crippen LogP contribution < -0.4 is 4.74 Å². The summed E-state index contributed by atoms with van der Waals surface area (Å²) in [5.41, 5.74) is 5.05. The van der Waals surface area contributed by atoms with Crippen molar-refractivity contribution in [3.05, 3.63) is 63.1 Å². The van der Waals surface area contributed by atoms with Gasteiger partial charge in [-0.15, -0.1) is 0 Å². The van der Waals surface area contributed by atoms with Crippen LogP contribution in [0.3, 0.4) is 0 Å². The lowest BCUT2D eigenvalue weighted by molar-refractivity contribution is 0.340. The molecule has 0 aliphatic carbocycles. The Morgan fingerprint density at radius 1 is 1.05 bits per heavy atom. The molecule has 3 heteroatoms. The maximum Gasteiger partial charge on any atom is 0.120 e. The van der Waals surface area contributed by atoms with Crippen molar-refractivity contribution in [3.8, 4) is 5.75 Å². The Kier molecular flexibility index (Phi) is 5.28. The highest BCUT2D eigenvalue weighted by atomic mass is 79.9. The highest BCUT2D eigenvalue weighted by molar-refractivity contribution is 9.11. The maximum atomic E-state index is 5.52. The number of rotatable bonds is 4. The summed E-state index contributed by atoms with van der Waals surface area (Å²) >= 11 is 7.45. The van der Waals surface area contributed by atoms with E-state index in [2.05, 4.69) is 70.0 Å². The van der Waals surface area contributed by atoms with Crippen molar-refractivity contribution in [1.29, 1.82) is 0 Å². The quantitative estimate of drug-likeness (QED) is 0.579. The number of aryl methyl sites for hydroxylation is 2. The first-order valence-electron chi connectivity index (χ1n) is 6.65. The van der Waals surface area contributed by atoms with E-state index in [0.717, 1.165) is 10.2 Å². The Hall–Kier alpha value is -0.800. The van der Waals surface area contributed by atoms with Gasteiger partial charge in [0, 0.05) is 4.47 Å². The molecule has 0 spiro atoms. The van der Waals surface area contributed by atoms with Gasteiger partial charge in [0.2, 0.25) is 0 Å². The van der Waals surface area contributed by atoms with Crippen molar-refractivity contribution < 1.29 is 4.74 Å². The molecule has 1 atom stereocenters. The molecule has 0 amide bonds. The first kappa shape index (κ1) is 15.6. The van der Waals surface area contributed by atoms with E-state index in [1.165, 1.54) is 22.3 Å². The van der Waals surface area contributed by atoms with Crippen molar-refractivity contribution in [2.24, 2.45) is 0 Å². The minimum atomic E-state index is 0.172. The van der Waals surface area contributed by atoms with E-state index in [1.807, 2.05) is 19.1 Å². The van der Waals surface area contributed by atoms with Gasteiger partial charge in [-0.2, -0.15) is 0 Å². The normalized spacial score (nSPS) is 12.2. The lowest BCUT2D eigenvalue weighted by Crippen LogP contribution is -1.97. The van der Waals surface area contributed by atoms with Gasteiger partial charge in [0.15, 0.2) is 0 Å². The SMILES string of the molecule is CCOc1ccc(C(Br)c2cc(C)cc(C)c2)c(Br)c1. The average Bonchev–Trinajstić information content (AvgIpc) is 2.37. The molecule has 20 heavy (non-hydrogen) atoms. The smallest absolute Gasteiger partial charge is 0.120 e. The second-order valence-electron chi connectivity index (χ2n) is 4.90. The van der Waals surface area contributed by atoms with Crippen molar-refractivity contribution in [1.82, 2.24) is 0 Å². The van der Waals surface area contributed by atoms with E-state index >= 15 is 0 Å². The summed E-state index contributed by atoms with van der Waals surface area (Å²) in [6, 6.07) is 12.8. The molecule has 0 radical (unpaired) electrons. The maximum absolute atomic E-state index is 5.52. The van der Waals surface area contributed by atoms with Gasteiger partial charge in [0.25, 0.3) is 0 Å². The zero-order valence-electron chi connectivity index (χ0n) is 11.9. The third-order valence-corrected chi connectivity index (χ3v) is 4.80. The number of hydrogen-bond acceptors (Lipinski definition) is 1. The highest BCUT2D eigenvalue weighted by Crippen LogP contribution is 2.37. The van der Waals surface area contributed by atoms with E-state index < -0.39 is 0 Å². The van der Waals surface area contributed by atoms with Gasteiger partial charge in [0.05, 0.1) is 11.4 Å². The van der Waals surface area contributed by atoms with Crippen LogP contribution in [0.15, 0.2) is 40.9 Å². The Morgan fingerprint density at radius 3 is 2.25 bits per heavy atom. The summed E-state index contributed by atoms with van der Waals surface area (Å²) in [5, 5.41) is 0. The molecular formula is C17H18Br2O. The van der Waals surface area contributed by atoms with Crippen LogP contribution in [-0.2, 0) is 0 Å². The Bertz CT molecular complexity index is 588. The summed E-state index contributed by atoms with van der Waals surface area (Å²) in [4.78, 5) is 0.172. The van der Waals surface area contributed by atoms with Crippen molar-refractivity contribution >= 4 is 31.9 Å². The minimum Gasteiger partial charge on any atom is -0.494 e. The molecule has 0 saturated carbocycles. The standard InChI is InChI=1S/C17H18Br2O/c1-4-20-14-5-6-15(16(18)10-14)17(19)13-8-11(2)7-12(3)9-13/h5-10,17H,4H2,1-3H3. The van der Waals surface area contributed by atoms with Gasteiger partial charge in [-0.25, -0.2) is 0 Å². The topological polar surface area (TPSA) is 9.23 Å². The van der Waals surface area contributed by atoms with Crippen molar-refractivity contribution in [2.45, 2.75) is 25.6 Å². The molecule has 1 unspecified atom stereocenters. The molecule has 0 aliphatic heterocycles. The first-order valence-corrected chi connectivity index (χ1v) is 8.36. The molecule has 106 valence electrons. The molecule has 2 rings (SSSR count). The van der Waals surface area contributed by atoms with E-state index in [4.69, 9.17) is 4.74 Å². The monoisotopic (exact) mass is 396 g/mol. The van der Waals surface area contributed by atoms with Gasteiger partial charge < -0.3 is 4.74 Å². The van der Waals surface area contributed by atoms with Crippen molar-refractivity contribution in [2.75, 3.05) is 6.61 Å². The molecule has 1 nitrogen and oxygen atoms in total. The Morgan fingerprint density at radius 2 is 1.70 bits per heavy atom. The predicted molar refractivity (Wildman–Crippen MR) is 92.0 cm³/mol. The molecule has 0 bridgehead atoms. The molecule has 2 aromatic rings. The second kappa shape index (κ2) is 6.77. The van der Waals surface area contributed by atoms with E-state index in [1.54, 1.807) is 0 Å². The third-order valence-electron chi connectivity index (χ3n) is 3.09. The zero-order chi connectivity index (χ0) is 14.7. The molecule has 0 heterocycles. The summed E-state index contributed by atoms with van der Waals surface area (Å²) in [5.74, 6) is 0.892. The lowest BCUT2D eigenvalue weighted by Gasteiger charge is -2.15. The fourth-order valence-corrected chi connectivity index (χ4v) is 3.86. The number of hydrogen-bond donors (Lipinski definition) is 0. The molecule has 0 fully saturated rings. The van der Waals surface area contributed by atoms with Crippen LogP contribution in [0.4, 0.5) is 0 Å². The summed E-state index contributed by atoms with van der Waals surface area (Å²) in [7, 11) is 0. The third kappa shape index (κ3) is 3.64. The summed E-state index contributed by atoms with van der Waals surface area (Å²) < 4.78 is 6.58. The highest BCUT2D eigenvalue weighted by Gasteiger charge is 2.15. The number of alkyl halides is 1. The average molecular weight is 398 g/mol. The fourth-order valence-electron chi connectivity index (χ4n) is 2.31. The minimum absolute atomic E-state index is 0.172. The summed E-state index contributed by atoms with van der Waals surface area (Å²) in [6.45, 7) is 6.93.